The molecule has 3 rings (SSSR count). The zero-order valence-electron chi connectivity index (χ0n) is 10.1. The van der Waals surface area contributed by atoms with Crippen LogP contribution in [0.5, 0.6) is 0 Å². The molecule has 0 fully saturated rings. The summed E-state index contributed by atoms with van der Waals surface area (Å²) in [5, 5.41) is 0.778. The lowest BCUT2D eigenvalue weighted by atomic mass is 9.97. The maximum absolute atomic E-state index is 6.02. The van der Waals surface area contributed by atoms with Crippen molar-refractivity contribution in [1.82, 2.24) is 4.90 Å². The summed E-state index contributed by atoms with van der Waals surface area (Å²) in [4.78, 5) is 2.21. The first-order valence-corrected chi connectivity index (χ1v) is 7.20. The number of nitrogens with zero attached hydrogens (tertiary/aromatic N) is 2. The fourth-order valence-electron chi connectivity index (χ4n) is 2.21. The molecule has 0 aromatic heterocycles. The zero-order chi connectivity index (χ0) is 12.5. The molecule has 0 amide bonds. The normalized spacial score (nSPS) is 18.2. The molecule has 18 heavy (non-hydrogen) atoms. The second-order valence-electron chi connectivity index (χ2n) is 4.32. The smallest absolute Gasteiger partial charge is 0.148 e. The molecule has 92 valence electrons. The van der Waals surface area contributed by atoms with Crippen molar-refractivity contribution in [3.05, 3.63) is 52.7 Å². The number of rotatable bonds is 1. The number of aryl methyl sites for hydroxylation is 1. The van der Waals surface area contributed by atoms with Crippen LogP contribution in [-0.2, 0) is 0 Å². The predicted molar refractivity (Wildman–Crippen MR) is 79.9 cm³/mol. The van der Waals surface area contributed by atoms with Crippen molar-refractivity contribution in [2.45, 2.75) is 6.92 Å². The van der Waals surface area contributed by atoms with Crippen molar-refractivity contribution in [3.63, 3.8) is 0 Å². The third kappa shape index (κ3) is 2.08. The van der Waals surface area contributed by atoms with E-state index in [1.165, 1.54) is 16.7 Å². The average molecular weight is 277 g/mol. The highest BCUT2D eigenvalue weighted by Crippen LogP contribution is 2.29. The third-order valence-electron chi connectivity index (χ3n) is 3.09. The van der Waals surface area contributed by atoms with Gasteiger partial charge in [0, 0.05) is 29.1 Å². The van der Waals surface area contributed by atoms with Crippen molar-refractivity contribution in [3.8, 4) is 0 Å². The first-order chi connectivity index (χ1) is 8.75. The minimum absolute atomic E-state index is 0.778. The van der Waals surface area contributed by atoms with Crippen molar-refractivity contribution in [1.29, 1.82) is 0 Å². The lowest BCUT2D eigenvalue weighted by molar-refractivity contribution is 0.594. The van der Waals surface area contributed by atoms with Crippen LogP contribution in [0.15, 0.2) is 40.9 Å². The maximum atomic E-state index is 6.02. The molecule has 0 atom stereocenters. The highest BCUT2D eigenvalue weighted by Gasteiger charge is 2.22. The van der Waals surface area contributed by atoms with Crippen LogP contribution in [0.1, 0.15) is 11.1 Å². The van der Waals surface area contributed by atoms with E-state index in [4.69, 9.17) is 11.6 Å². The molecule has 2 nitrogen and oxygen atoms in total. The Morgan fingerprint density at radius 2 is 2.28 bits per heavy atom. The van der Waals surface area contributed by atoms with Gasteiger partial charge in [0.15, 0.2) is 0 Å². The number of halogens is 1. The molecule has 0 saturated heterocycles. The van der Waals surface area contributed by atoms with Gasteiger partial charge in [0.2, 0.25) is 0 Å². The standard InChI is InChI=1S/C14H13ClN2S/c1-10-9-11(15)4-5-12(10)13-3-2-6-17-7-8-18-16-14(13)17/h2-6,9H,7-8H2,1H3. The number of amidine groups is 1. The molecule has 4 heteroatoms. The van der Waals surface area contributed by atoms with Gasteiger partial charge in [0.1, 0.15) is 5.84 Å². The van der Waals surface area contributed by atoms with Gasteiger partial charge in [-0.3, -0.25) is 0 Å². The quantitative estimate of drug-likeness (QED) is 0.723. The minimum atomic E-state index is 0.778. The van der Waals surface area contributed by atoms with E-state index in [9.17, 15) is 0 Å². The largest absolute Gasteiger partial charge is 0.331 e. The topological polar surface area (TPSA) is 15.6 Å². The summed E-state index contributed by atoms with van der Waals surface area (Å²) in [6, 6.07) is 6.00. The lowest BCUT2D eigenvalue weighted by Gasteiger charge is -2.29. The molecule has 1 aromatic rings. The monoisotopic (exact) mass is 276 g/mol. The Bertz CT molecular complexity index is 575. The first-order valence-electron chi connectivity index (χ1n) is 5.88. The predicted octanol–water partition coefficient (Wildman–Crippen LogP) is 3.92. The molecule has 0 spiro atoms. The molecule has 0 bridgehead atoms. The Hall–Kier alpha value is -1.19. The van der Waals surface area contributed by atoms with Gasteiger partial charge in [-0.15, -0.1) is 0 Å². The van der Waals surface area contributed by atoms with Crippen LogP contribution in [0.3, 0.4) is 0 Å². The third-order valence-corrected chi connectivity index (χ3v) is 4.00. The van der Waals surface area contributed by atoms with Crippen LogP contribution in [0.4, 0.5) is 0 Å². The Balaban J connectivity index is 2.07. The lowest BCUT2D eigenvalue weighted by Crippen LogP contribution is -2.32. The van der Waals surface area contributed by atoms with E-state index in [2.05, 4.69) is 40.6 Å². The molecule has 0 aliphatic carbocycles. The molecule has 2 aliphatic heterocycles. The van der Waals surface area contributed by atoms with Crippen LogP contribution in [0.2, 0.25) is 5.02 Å². The Morgan fingerprint density at radius 1 is 1.39 bits per heavy atom. The highest BCUT2D eigenvalue weighted by atomic mass is 35.5. The summed E-state index contributed by atoms with van der Waals surface area (Å²) >= 11 is 7.65. The first kappa shape index (κ1) is 11.9. The van der Waals surface area contributed by atoms with E-state index in [1.807, 2.05) is 12.1 Å². The van der Waals surface area contributed by atoms with Crippen LogP contribution >= 0.6 is 23.5 Å². The molecule has 0 radical (unpaired) electrons. The summed E-state index contributed by atoms with van der Waals surface area (Å²) in [6.45, 7) is 3.10. The highest BCUT2D eigenvalue weighted by molar-refractivity contribution is 7.98. The van der Waals surface area contributed by atoms with E-state index in [0.717, 1.165) is 23.2 Å². The van der Waals surface area contributed by atoms with Gasteiger partial charge >= 0.3 is 0 Å². The Morgan fingerprint density at radius 3 is 3.11 bits per heavy atom. The zero-order valence-corrected chi connectivity index (χ0v) is 11.6. The van der Waals surface area contributed by atoms with Crippen LogP contribution < -0.4 is 0 Å². The number of allylic oxidation sites excluding steroid dienone is 2. The second kappa shape index (κ2) is 4.82. The van der Waals surface area contributed by atoms with Gasteiger partial charge < -0.3 is 4.90 Å². The summed E-state index contributed by atoms with van der Waals surface area (Å²) in [5.74, 6) is 2.10. The molecule has 0 unspecified atom stereocenters. The van der Waals surface area contributed by atoms with E-state index in [0.29, 0.717) is 0 Å². The van der Waals surface area contributed by atoms with E-state index < -0.39 is 0 Å². The molecular formula is C14H13ClN2S. The van der Waals surface area contributed by atoms with Gasteiger partial charge in [-0.25, -0.2) is 0 Å². The summed E-state index contributed by atoms with van der Waals surface area (Å²) in [6.07, 6.45) is 6.29. The van der Waals surface area contributed by atoms with Crippen LogP contribution in [0, 0.1) is 6.92 Å². The van der Waals surface area contributed by atoms with Gasteiger partial charge in [-0.2, -0.15) is 4.40 Å². The Kier molecular flexibility index (Phi) is 3.18. The number of hydrogen-bond donors (Lipinski definition) is 0. The molecule has 2 heterocycles. The molecule has 1 aromatic carbocycles. The van der Waals surface area contributed by atoms with E-state index in [-0.39, 0.29) is 0 Å². The number of benzene rings is 1. The van der Waals surface area contributed by atoms with Crippen molar-refractivity contribution in [2.24, 2.45) is 4.40 Å². The minimum Gasteiger partial charge on any atom is -0.331 e. The fraction of sp³-hybridized carbons (Fsp3) is 0.214. The molecule has 2 aliphatic rings. The summed E-state index contributed by atoms with van der Waals surface area (Å²) in [5.41, 5.74) is 3.57. The fourth-order valence-corrected chi connectivity index (χ4v) is 3.13. The van der Waals surface area contributed by atoms with Gasteiger partial charge in [0.25, 0.3) is 0 Å². The maximum Gasteiger partial charge on any atom is 0.148 e. The van der Waals surface area contributed by atoms with Gasteiger partial charge in [-0.1, -0.05) is 17.7 Å². The van der Waals surface area contributed by atoms with Crippen molar-refractivity contribution in [2.75, 3.05) is 12.3 Å². The summed E-state index contributed by atoms with van der Waals surface area (Å²) < 4.78 is 4.58. The second-order valence-corrected chi connectivity index (χ2v) is 5.61. The van der Waals surface area contributed by atoms with Crippen molar-refractivity contribution >= 4 is 35.0 Å². The Labute approximate surface area is 116 Å². The van der Waals surface area contributed by atoms with E-state index >= 15 is 0 Å². The van der Waals surface area contributed by atoms with Crippen LogP contribution in [0.25, 0.3) is 5.57 Å². The molecule has 0 saturated carbocycles. The van der Waals surface area contributed by atoms with Gasteiger partial charge in [0.05, 0.1) is 0 Å². The van der Waals surface area contributed by atoms with Crippen LogP contribution in [-0.4, -0.2) is 23.0 Å². The molecule has 0 N–H and O–H groups in total. The molecular weight excluding hydrogens is 264 g/mol. The van der Waals surface area contributed by atoms with Crippen molar-refractivity contribution < 1.29 is 0 Å². The average Bonchev–Trinajstić information content (AvgIpc) is 2.38. The number of fused-ring (bicyclic) bond motifs is 1. The summed E-state index contributed by atoms with van der Waals surface area (Å²) in [7, 11) is 0. The number of hydrogen-bond acceptors (Lipinski definition) is 3. The SMILES string of the molecule is Cc1cc(Cl)ccc1C1=CC=CN2CCSN=C12. The van der Waals surface area contributed by atoms with E-state index in [1.54, 1.807) is 11.9 Å². The van der Waals surface area contributed by atoms with Gasteiger partial charge in [-0.05, 0) is 54.3 Å².